The molecule has 0 radical (unpaired) electrons. The highest BCUT2D eigenvalue weighted by Crippen LogP contribution is 2.26. The number of anilines is 1. The van der Waals surface area contributed by atoms with Gasteiger partial charge in [0.1, 0.15) is 11.5 Å². The van der Waals surface area contributed by atoms with Crippen LogP contribution in [0.2, 0.25) is 5.02 Å². The quantitative estimate of drug-likeness (QED) is 0.741. The highest BCUT2D eigenvalue weighted by Gasteiger charge is 2.08. The van der Waals surface area contributed by atoms with Crippen molar-refractivity contribution in [3.8, 4) is 11.5 Å². The maximum Gasteiger partial charge on any atom is 0.262 e. The molecule has 1 unspecified atom stereocenters. The molecule has 1 amide bonds. The highest BCUT2D eigenvalue weighted by atomic mass is 35.5. The van der Waals surface area contributed by atoms with Gasteiger partial charge in [-0.05, 0) is 62.6 Å². The van der Waals surface area contributed by atoms with E-state index in [1.807, 2.05) is 51.1 Å². The van der Waals surface area contributed by atoms with Gasteiger partial charge in [-0.25, -0.2) is 0 Å². The highest BCUT2D eigenvalue weighted by molar-refractivity contribution is 6.32. The number of aryl methyl sites for hydroxylation is 2. The molecule has 0 spiro atoms. The van der Waals surface area contributed by atoms with Crippen LogP contribution in [0, 0.1) is 13.8 Å². The van der Waals surface area contributed by atoms with Crippen LogP contribution in [0.5, 0.6) is 11.5 Å². The summed E-state index contributed by atoms with van der Waals surface area (Å²) in [6, 6.07) is 11.0. The third-order valence-electron chi connectivity index (χ3n) is 3.81. The Morgan fingerprint density at radius 1 is 1.16 bits per heavy atom. The summed E-state index contributed by atoms with van der Waals surface area (Å²) in [6.07, 6.45) is 1.05. The normalized spacial score (nSPS) is 11.7. The van der Waals surface area contributed by atoms with E-state index in [1.165, 1.54) is 0 Å². The number of hydrogen-bond acceptors (Lipinski definition) is 3. The number of benzene rings is 2. The first-order valence-corrected chi connectivity index (χ1v) is 8.73. The number of rotatable bonds is 7. The molecular formula is C20H24ClNO3. The van der Waals surface area contributed by atoms with E-state index < -0.39 is 0 Å². The Labute approximate surface area is 154 Å². The van der Waals surface area contributed by atoms with E-state index in [2.05, 4.69) is 12.2 Å². The minimum Gasteiger partial charge on any atom is -0.491 e. The zero-order valence-electron chi connectivity index (χ0n) is 15.1. The topological polar surface area (TPSA) is 47.6 Å². The number of carbonyl (C=O) groups excluding carboxylic acids is 1. The average molecular weight is 362 g/mol. The van der Waals surface area contributed by atoms with Gasteiger partial charge in [0, 0.05) is 16.8 Å². The van der Waals surface area contributed by atoms with Crippen molar-refractivity contribution in [2.24, 2.45) is 0 Å². The van der Waals surface area contributed by atoms with Gasteiger partial charge in [0.15, 0.2) is 6.61 Å². The molecule has 2 aromatic rings. The lowest BCUT2D eigenvalue weighted by molar-refractivity contribution is -0.118. The maximum atomic E-state index is 12.1. The first-order chi connectivity index (χ1) is 11.9. The summed E-state index contributed by atoms with van der Waals surface area (Å²) in [5, 5.41) is 3.53. The number of halogens is 1. The largest absolute Gasteiger partial charge is 0.491 e. The number of ether oxygens (including phenoxy) is 2. The molecule has 25 heavy (non-hydrogen) atoms. The molecule has 0 saturated carbocycles. The number of carbonyl (C=O) groups is 1. The van der Waals surface area contributed by atoms with Crippen LogP contribution in [0.1, 0.15) is 31.4 Å². The van der Waals surface area contributed by atoms with Crippen LogP contribution < -0.4 is 14.8 Å². The van der Waals surface area contributed by atoms with Crippen molar-refractivity contribution < 1.29 is 14.3 Å². The molecule has 0 bridgehead atoms. The van der Waals surface area contributed by atoms with Gasteiger partial charge in [-0.1, -0.05) is 24.6 Å². The predicted octanol–water partition coefficient (Wildman–Crippen LogP) is 5.15. The summed E-state index contributed by atoms with van der Waals surface area (Å²) in [4.78, 5) is 12.1. The SMILES string of the molecule is CCC(C)Oc1cccc(NC(=O)COc2cc(C)c(Cl)c(C)c2)c1. The van der Waals surface area contributed by atoms with Gasteiger partial charge in [-0.3, -0.25) is 4.79 Å². The second-order valence-corrected chi connectivity index (χ2v) is 6.45. The second-order valence-electron chi connectivity index (χ2n) is 6.07. The lowest BCUT2D eigenvalue weighted by Crippen LogP contribution is -2.20. The van der Waals surface area contributed by atoms with Crippen LogP contribution in [0.25, 0.3) is 0 Å². The summed E-state index contributed by atoms with van der Waals surface area (Å²) >= 11 is 6.13. The minimum absolute atomic E-state index is 0.0725. The van der Waals surface area contributed by atoms with Crippen LogP contribution in [-0.2, 0) is 4.79 Å². The molecule has 5 heteroatoms. The second kappa shape index (κ2) is 8.77. The van der Waals surface area contributed by atoms with Crippen molar-refractivity contribution in [3.05, 3.63) is 52.5 Å². The fourth-order valence-corrected chi connectivity index (χ4v) is 2.41. The lowest BCUT2D eigenvalue weighted by atomic mass is 10.1. The molecule has 0 heterocycles. The molecule has 2 aromatic carbocycles. The van der Waals surface area contributed by atoms with Crippen LogP contribution in [-0.4, -0.2) is 18.6 Å². The monoisotopic (exact) mass is 361 g/mol. The number of hydrogen-bond donors (Lipinski definition) is 1. The van der Waals surface area contributed by atoms with Gasteiger partial charge in [0.05, 0.1) is 6.10 Å². The summed E-state index contributed by atoms with van der Waals surface area (Å²) in [5.74, 6) is 1.13. The van der Waals surface area contributed by atoms with Crippen molar-refractivity contribution >= 4 is 23.2 Å². The Hall–Kier alpha value is -2.20. The van der Waals surface area contributed by atoms with E-state index in [4.69, 9.17) is 21.1 Å². The van der Waals surface area contributed by atoms with Gasteiger partial charge in [-0.15, -0.1) is 0 Å². The summed E-state index contributed by atoms with van der Waals surface area (Å²) < 4.78 is 11.3. The summed E-state index contributed by atoms with van der Waals surface area (Å²) in [6.45, 7) is 7.82. The smallest absolute Gasteiger partial charge is 0.262 e. The van der Waals surface area contributed by atoms with Gasteiger partial charge >= 0.3 is 0 Å². The summed E-state index contributed by atoms with van der Waals surface area (Å²) in [5.41, 5.74) is 2.52. The molecule has 1 N–H and O–H groups in total. The van der Waals surface area contributed by atoms with Crippen molar-refractivity contribution in [1.29, 1.82) is 0 Å². The molecule has 0 fully saturated rings. The molecule has 0 aliphatic carbocycles. The fraction of sp³-hybridized carbons (Fsp3) is 0.350. The van der Waals surface area contributed by atoms with Gasteiger partial charge in [-0.2, -0.15) is 0 Å². The fourth-order valence-electron chi connectivity index (χ4n) is 2.30. The minimum atomic E-state index is -0.231. The van der Waals surface area contributed by atoms with E-state index in [0.717, 1.165) is 28.3 Å². The van der Waals surface area contributed by atoms with Crippen molar-refractivity contribution in [2.75, 3.05) is 11.9 Å². The Kier molecular flexibility index (Phi) is 6.71. The molecule has 0 saturated heterocycles. The van der Waals surface area contributed by atoms with Crippen molar-refractivity contribution in [2.45, 2.75) is 40.2 Å². The zero-order valence-corrected chi connectivity index (χ0v) is 15.8. The van der Waals surface area contributed by atoms with Crippen LogP contribution in [0.4, 0.5) is 5.69 Å². The van der Waals surface area contributed by atoms with Crippen LogP contribution >= 0.6 is 11.6 Å². The Balaban J connectivity index is 1.93. The first-order valence-electron chi connectivity index (χ1n) is 8.35. The molecule has 0 aliphatic heterocycles. The van der Waals surface area contributed by atoms with E-state index in [-0.39, 0.29) is 18.6 Å². The molecule has 134 valence electrons. The van der Waals surface area contributed by atoms with E-state index in [0.29, 0.717) is 11.4 Å². The van der Waals surface area contributed by atoms with Crippen molar-refractivity contribution in [3.63, 3.8) is 0 Å². The van der Waals surface area contributed by atoms with Gasteiger partial charge in [0.25, 0.3) is 5.91 Å². The third-order valence-corrected chi connectivity index (χ3v) is 4.41. The van der Waals surface area contributed by atoms with Gasteiger partial charge < -0.3 is 14.8 Å². The lowest BCUT2D eigenvalue weighted by Gasteiger charge is -2.14. The summed E-state index contributed by atoms with van der Waals surface area (Å²) in [7, 11) is 0. The molecule has 1 atom stereocenters. The van der Waals surface area contributed by atoms with Gasteiger partial charge in [0.2, 0.25) is 0 Å². The predicted molar refractivity (Wildman–Crippen MR) is 102 cm³/mol. The molecular weight excluding hydrogens is 338 g/mol. The molecule has 2 rings (SSSR count). The Morgan fingerprint density at radius 3 is 2.48 bits per heavy atom. The Morgan fingerprint density at radius 2 is 1.84 bits per heavy atom. The van der Waals surface area contributed by atoms with E-state index >= 15 is 0 Å². The molecule has 0 aliphatic rings. The average Bonchev–Trinajstić information content (AvgIpc) is 2.58. The zero-order chi connectivity index (χ0) is 18.4. The van der Waals surface area contributed by atoms with Crippen LogP contribution in [0.3, 0.4) is 0 Å². The van der Waals surface area contributed by atoms with E-state index in [9.17, 15) is 4.79 Å². The Bertz CT molecular complexity index is 722. The number of amides is 1. The van der Waals surface area contributed by atoms with Crippen LogP contribution in [0.15, 0.2) is 36.4 Å². The van der Waals surface area contributed by atoms with Crippen molar-refractivity contribution in [1.82, 2.24) is 0 Å². The third kappa shape index (κ3) is 5.68. The molecule has 0 aromatic heterocycles. The first kappa shape index (κ1) is 19.1. The number of nitrogens with one attached hydrogen (secondary N) is 1. The van der Waals surface area contributed by atoms with E-state index in [1.54, 1.807) is 6.07 Å². The molecule has 4 nitrogen and oxygen atoms in total. The maximum absolute atomic E-state index is 12.1. The standard InChI is InChI=1S/C20H24ClNO3/c1-5-15(4)25-17-8-6-7-16(11-17)22-19(23)12-24-18-9-13(2)20(21)14(3)10-18/h6-11,15H,5,12H2,1-4H3,(H,22,23).